The molecule has 4 saturated carbocycles. The van der Waals surface area contributed by atoms with Crippen LogP contribution in [0.5, 0.6) is 0 Å². The van der Waals surface area contributed by atoms with Crippen molar-refractivity contribution in [3.8, 4) is 0 Å². The maximum atomic E-state index is 13.1. The summed E-state index contributed by atoms with van der Waals surface area (Å²) in [5.74, 6) is 1.37. The molecule has 4 aliphatic rings. The summed E-state index contributed by atoms with van der Waals surface area (Å²) in [6.07, 6.45) is 6.55. The number of hydrogen-bond acceptors (Lipinski definition) is 2. The minimum absolute atomic E-state index is 0.00322. The summed E-state index contributed by atoms with van der Waals surface area (Å²) < 4.78 is 0. The first-order chi connectivity index (χ1) is 14.9. The third-order valence-corrected chi connectivity index (χ3v) is 8.55. The van der Waals surface area contributed by atoms with Crippen molar-refractivity contribution in [1.82, 2.24) is 10.6 Å². The second-order valence-electron chi connectivity index (χ2n) is 12.0. The van der Waals surface area contributed by atoms with E-state index in [0.717, 1.165) is 48.8 Å². The maximum Gasteiger partial charge on any atom is 0.226 e. The Kier molecular flexibility index (Phi) is 6.15. The molecule has 176 valence electrons. The van der Waals surface area contributed by atoms with E-state index in [9.17, 15) is 9.59 Å². The molecule has 1 aromatic carbocycles. The quantitative estimate of drug-likeness (QED) is 0.467. The van der Waals surface area contributed by atoms with Gasteiger partial charge in [0.05, 0.1) is 11.8 Å². The molecule has 2 N–H and O–H groups in total. The van der Waals surface area contributed by atoms with Gasteiger partial charge in [-0.15, -0.1) is 11.6 Å². The lowest BCUT2D eigenvalue weighted by Crippen LogP contribution is -2.58. The normalized spacial score (nSPS) is 30.9. The Morgan fingerprint density at radius 2 is 1.56 bits per heavy atom. The van der Waals surface area contributed by atoms with Crippen LogP contribution >= 0.6 is 11.6 Å². The third kappa shape index (κ3) is 4.71. The zero-order valence-electron chi connectivity index (χ0n) is 20.4. The second kappa shape index (κ2) is 8.34. The molecule has 0 radical (unpaired) electrons. The summed E-state index contributed by atoms with van der Waals surface area (Å²) in [5, 5.41) is 6.10. The fourth-order valence-electron chi connectivity index (χ4n) is 6.91. The average Bonchev–Trinajstić information content (AvgIpc) is 2.65. The molecule has 2 atom stereocenters. The van der Waals surface area contributed by atoms with Crippen LogP contribution in [-0.2, 0) is 21.4 Å². The topological polar surface area (TPSA) is 58.2 Å². The third-order valence-electron chi connectivity index (χ3n) is 8.10. The van der Waals surface area contributed by atoms with Gasteiger partial charge in [-0.3, -0.25) is 9.59 Å². The van der Waals surface area contributed by atoms with E-state index in [4.69, 9.17) is 11.6 Å². The van der Waals surface area contributed by atoms with E-state index >= 15 is 0 Å². The number of carbonyl (C=O) groups excluding carboxylic acids is 2. The highest BCUT2D eigenvalue weighted by Crippen LogP contribution is 2.63. The van der Waals surface area contributed by atoms with Crippen molar-refractivity contribution in [3.63, 3.8) is 0 Å². The maximum absolute atomic E-state index is 13.1. The zero-order valence-corrected chi connectivity index (χ0v) is 21.1. The minimum atomic E-state index is -0.279. The van der Waals surface area contributed by atoms with Crippen LogP contribution in [0.2, 0.25) is 0 Å². The molecular weight excluding hydrogens is 420 g/mol. The Morgan fingerprint density at radius 3 is 2.09 bits per heavy atom. The van der Waals surface area contributed by atoms with Gasteiger partial charge in [-0.25, -0.2) is 0 Å². The predicted molar refractivity (Wildman–Crippen MR) is 130 cm³/mol. The fourth-order valence-corrected chi connectivity index (χ4v) is 7.60. The Balaban J connectivity index is 1.27. The molecule has 4 aliphatic carbocycles. The van der Waals surface area contributed by atoms with Crippen molar-refractivity contribution < 1.29 is 9.59 Å². The van der Waals surface area contributed by atoms with Crippen LogP contribution in [0.25, 0.3) is 0 Å². The van der Waals surface area contributed by atoms with Crippen LogP contribution < -0.4 is 10.6 Å². The summed E-state index contributed by atoms with van der Waals surface area (Å²) in [5.41, 5.74) is 4.53. The lowest BCUT2D eigenvalue weighted by molar-refractivity contribution is -0.144. The second-order valence-corrected chi connectivity index (χ2v) is 12.8. The number of nitrogens with one attached hydrogen (secondary N) is 2. The SMILES string of the molecule is Cc1cc(C(C)(C)C)cc(C)c1CC(=O)NCCNC(=O)C12CC3CC(CC(Cl)(C3)C1)C2. The summed E-state index contributed by atoms with van der Waals surface area (Å²) in [7, 11) is 0. The van der Waals surface area contributed by atoms with Gasteiger partial charge in [-0.1, -0.05) is 32.9 Å². The molecule has 0 heterocycles. The number of carbonyl (C=O) groups is 2. The molecule has 0 spiro atoms. The fraction of sp³-hybridized carbons (Fsp3) is 0.704. The van der Waals surface area contributed by atoms with E-state index in [-0.39, 0.29) is 27.5 Å². The largest absolute Gasteiger partial charge is 0.354 e. The van der Waals surface area contributed by atoms with E-state index in [1.165, 1.54) is 12.0 Å². The first-order valence-corrected chi connectivity index (χ1v) is 12.6. The zero-order chi connectivity index (χ0) is 23.3. The molecular formula is C27H39ClN2O2. The Bertz CT molecular complexity index is 880. The molecule has 2 amide bonds. The number of aryl methyl sites for hydroxylation is 2. The van der Waals surface area contributed by atoms with Crippen molar-refractivity contribution in [2.24, 2.45) is 17.3 Å². The molecule has 0 aliphatic heterocycles. The molecule has 4 bridgehead atoms. The smallest absolute Gasteiger partial charge is 0.226 e. The Morgan fingerprint density at radius 1 is 1.00 bits per heavy atom. The van der Waals surface area contributed by atoms with E-state index in [1.807, 2.05) is 0 Å². The minimum Gasteiger partial charge on any atom is -0.354 e. The van der Waals surface area contributed by atoms with Gasteiger partial charge in [0.2, 0.25) is 11.8 Å². The Labute approximate surface area is 198 Å². The molecule has 0 aromatic heterocycles. The molecule has 1 aromatic rings. The van der Waals surface area contributed by atoms with Crippen molar-refractivity contribution in [3.05, 3.63) is 34.4 Å². The van der Waals surface area contributed by atoms with Gasteiger partial charge in [0.15, 0.2) is 0 Å². The standard InChI is InChI=1S/C27H39ClN2O2/c1-17-8-21(25(3,4)5)9-18(2)22(17)11-23(31)29-6-7-30-24(32)26-12-19-10-20(13-26)15-27(28,14-19)16-26/h8-9,19-20H,6-7,10-16H2,1-5H3,(H,29,31)(H,30,32). The number of rotatable bonds is 6. The molecule has 5 rings (SSSR count). The van der Waals surface area contributed by atoms with Gasteiger partial charge in [0.1, 0.15) is 0 Å². The number of amides is 2. The highest BCUT2D eigenvalue weighted by Gasteiger charge is 2.59. The summed E-state index contributed by atoms with van der Waals surface area (Å²) in [6.45, 7) is 11.7. The summed E-state index contributed by atoms with van der Waals surface area (Å²) in [6, 6.07) is 4.40. The Hall–Kier alpha value is -1.55. The van der Waals surface area contributed by atoms with Gasteiger partial charge in [-0.2, -0.15) is 0 Å². The van der Waals surface area contributed by atoms with Crippen LogP contribution in [-0.4, -0.2) is 29.8 Å². The van der Waals surface area contributed by atoms with Crippen molar-refractivity contribution in [2.45, 2.75) is 89.9 Å². The van der Waals surface area contributed by atoms with Crippen molar-refractivity contribution in [2.75, 3.05) is 13.1 Å². The van der Waals surface area contributed by atoms with Crippen molar-refractivity contribution >= 4 is 23.4 Å². The molecule has 0 saturated heterocycles. The highest BCUT2D eigenvalue weighted by atomic mass is 35.5. The van der Waals surface area contributed by atoms with Crippen LogP contribution in [0.4, 0.5) is 0 Å². The molecule has 4 nitrogen and oxygen atoms in total. The molecule has 2 unspecified atom stereocenters. The van der Waals surface area contributed by atoms with E-state index in [0.29, 0.717) is 31.3 Å². The molecule has 4 fully saturated rings. The van der Waals surface area contributed by atoms with Crippen LogP contribution in [0.15, 0.2) is 12.1 Å². The number of benzene rings is 1. The van der Waals surface area contributed by atoms with Gasteiger partial charge < -0.3 is 10.6 Å². The summed E-state index contributed by atoms with van der Waals surface area (Å²) in [4.78, 5) is 25.5. The average molecular weight is 459 g/mol. The van der Waals surface area contributed by atoms with E-state index in [2.05, 4.69) is 57.4 Å². The first-order valence-electron chi connectivity index (χ1n) is 12.2. The number of halogens is 1. The monoisotopic (exact) mass is 458 g/mol. The van der Waals surface area contributed by atoms with Gasteiger partial charge >= 0.3 is 0 Å². The van der Waals surface area contributed by atoms with E-state index < -0.39 is 0 Å². The number of hydrogen-bond donors (Lipinski definition) is 2. The van der Waals surface area contributed by atoms with E-state index in [1.54, 1.807) is 0 Å². The molecule has 5 heteroatoms. The first kappa shape index (κ1) is 23.6. The summed E-state index contributed by atoms with van der Waals surface area (Å²) >= 11 is 6.87. The lowest BCUT2D eigenvalue weighted by Gasteiger charge is -2.59. The van der Waals surface area contributed by atoms with Gasteiger partial charge in [0.25, 0.3) is 0 Å². The van der Waals surface area contributed by atoms with Crippen LogP contribution in [0.1, 0.15) is 81.5 Å². The number of alkyl halides is 1. The van der Waals surface area contributed by atoms with Crippen LogP contribution in [0.3, 0.4) is 0 Å². The lowest BCUT2D eigenvalue weighted by atomic mass is 9.49. The van der Waals surface area contributed by atoms with Crippen molar-refractivity contribution in [1.29, 1.82) is 0 Å². The van der Waals surface area contributed by atoms with Gasteiger partial charge in [0, 0.05) is 18.0 Å². The highest BCUT2D eigenvalue weighted by molar-refractivity contribution is 6.24. The predicted octanol–water partition coefficient (Wildman–Crippen LogP) is 4.95. The van der Waals surface area contributed by atoms with Gasteiger partial charge in [-0.05, 0) is 91.9 Å². The van der Waals surface area contributed by atoms with Crippen LogP contribution in [0, 0.1) is 31.1 Å². The molecule has 32 heavy (non-hydrogen) atoms.